The Bertz CT molecular complexity index is 1200. The van der Waals surface area contributed by atoms with Crippen molar-refractivity contribution in [1.82, 2.24) is 24.8 Å². The van der Waals surface area contributed by atoms with Gasteiger partial charge in [0.15, 0.2) is 0 Å². The largest absolute Gasteiger partial charge is 0.276 e. The fourth-order valence-corrected chi connectivity index (χ4v) is 5.55. The average molecular weight is 429 g/mol. The molecular formula is C14H10Cl2N6O2S2. The van der Waals surface area contributed by atoms with Crippen LogP contribution in [0, 0.1) is 0 Å². The Morgan fingerprint density at radius 2 is 2.04 bits per heavy atom. The highest BCUT2D eigenvalue weighted by Gasteiger charge is 2.21. The first-order valence-electron chi connectivity index (χ1n) is 7.21. The van der Waals surface area contributed by atoms with E-state index in [-0.39, 0.29) is 15.9 Å². The second-order valence-electron chi connectivity index (χ2n) is 5.28. The van der Waals surface area contributed by atoms with E-state index >= 15 is 0 Å². The molecule has 0 saturated heterocycles. The molecule has 26 heavy (non-hydrogen) atoms. The number of nitrogens with zero attached hydrogens (tertiary/aromatic N) is 5. The molecule has 0 amide bonds. The number of fused-ring (bicyclic) bond motifs is 1. The van der Waals surface area contributed by atoms with Crippen molar-refractivity contribution in [3.63, 3.8) is 0 Å². The Kier molecular flexibility index (Phi) is 4.35. The summed E-state index contributed by atoms with van der Waals surface area (Å²) in [6.07, 6.45) is 2.95. The molecule has 4 aromatic rings. The smallest absolute Gasteiger partial charge is 0.264 e. The first-order valence-corrected chi connectivity index (χ1v) is 10.3. The normalized spacial score (nSPS) is 11.9. The van der Waals surface area contributed by atoms with Gasteiger partial charge in [-0.15, -0.1) is 16.4 Å². The third-order valence-electron chi connectivity index (χ3n) is 3.50. The van der Waals surface area contributed by atoms with Crippen LogP contribution in [0.3, 0.4) is 0 Å². The minimum Gasteiger partial charge on any atom is -0.276 e. The number of rotatable bonds is 5. The van der Waals surface area contributed by atoms with E-state index in [1.807, 2.05) is 24.3 Å². The van der Waals surface area contributed by atoms with Crippen molar-refractivity contribution in [1.29, 1.82) is 0 Å². The highest BCUT2D eigenvalue weighted by atomic mass is 35.5. The van der Waals surface area contributed by atoms with Gasteiger partial charge in [-0.1, -0.05) is 40.5 Å². The van der Waals surface area contributed by atoms with Crippen molar-refractivity contribution in [3.05, 3.63) is 51.4 Å². The van der Waals surface area contributed by atoms with Crippen LogP contribution in [0.1, 0.15) is 0 Å². The number of sulfonamides is 1. The predicted molar refractivity (Wildman–Crippen MR) is 100 cm³/mol. The van der Waals surface area contributed by atoms with E-state index in [0.29, 0.717) is 10.0 Å². The Balaban J connectivity index is 1.56. The summed E-state index contributed by atoms with van der Waals surface area (Å²) >= 11 is 12.7. The summed E-state index contributed by atoms with van der Waals surface area (Å²) in [5.41, 5.74) is 1.92. The number of aromatic nitrogens is 5. The molecule has 1 aromatic carbocycles. The van der Waals surface area contributed by atoms with Crippen molar-refractivity contribution in [3.8, 4) is 0 Å². The van der Waals surface area contributed by atoms with E-state index in [1.54, 1.807) is 15.6 Å². The maximum absolute atomic E-state index is 12.4. The fraction of sp³-hybridized carbons (Fsp3) is 0.0714. The lowest BCUT2D eigenvalue weighted by Crippen LogP contribution is -2.12. The standard InChI is InChI=1S/C14H10Cl2N6O2S2/c15-13-5-12(14(16)25-13)26(23,24)19-9-6-17-21(7-9)8-22-11-4-2-1-3-10(11)18-20-22/h1-7,19H,8H2. The quantitative estimate of drug-likeness (QED) is 0.525. The highest BCUT2D eigenvalue weighted by Crippen LogP contribution is 2.35. The third kappa shape index (κ3) is 3.28. The number of para-hydroxylation sites is 1. The Morgan fingerprint density at radius 3 is 2.81 bits per heavy atom. The third-order valence-corrected chi connectivity index (χ3v) is 6.63. The van der Waals surface area contributed by atoms with Crippen LogP contribution >= 0.6 is 34.5 Å². The zero-order chi connectivity index (χ0) is 18.3. The fourth-order valence-electron chi connectivity index (χ4n) is 2.37. The van der Waals surface area contributed by atoms with E-state index in [9.17, 15) is 8.42 Å². The van der Waals surface area contributed by atoms with Gasteiger partial charge in [0, 0.05) is 0 Å². The minimum atomic E-state index is -3.85. The van der Waals surface area contributed by atoms with Gasteiger partial charge in [0.1, 0.15) is 21.4 Å². The molecule has 1 N–H and O–H groups in total. The maximum atomic E-state index is 12.4. The molecule has 0 aliphatic rings. The number of thiophene rings is 1. The molecule has 3 aromatic heterocycles. The first-order chi connectivity index (χ1) is 12.4. The molecule has 0 fully saturated rings. The molecule has 12 heteroatoms. The molecule has 4 rings (SSSR count). The summed E-state index contributed by atoms with van der Waals surface area (Å²) in [5.74, 6) is 0. The van der Waals surface area contributed by atoms with Gasteiger partial charge in [-0.05, 0) is 18.2 Å². The second kappa shape index (κ2) is 6.54. The monoisotopic (exact) mass is 428 g/mol. The number of hydrogen-bond donors (Lipinski definition) is 1. The van der Waals surface area contributed by atoms with Crippen LogP contribution in [0.4, 0.5) is 5.69 Å². The lowest BCUT2D eigenvalue weighted by Gasteiger charge is -2.04. The molecule has 0 spiro atoms. The molecule has 0 aliphatic heterocycles. The van der Waals surface area contributed by atoms with Gasteiger partial charge in [-0.3, -0.25) is 4.72 Å². The molecule has 134 valence electrons. The zero-order valence-corrected chi connectivity index (χ0v) is 16.0. The van der Waals surface area contributed by atoms with Crippen LogP contribution in [-0.4, -0.2) is 33.2 Å². The van der Waals surface area contributed by atoms with Gasteiger partial charge in [0.25, 0.3) is 10.0 Å². The van der Waals surface area contributed by atoms with Crippen molar-refractivity contribution in [2.45, 2.75) is 11.6 Å². The first kappa shape index (κ1) is 17.3. The van der Waals surface area contributed by atoms with Gasteiger partial charge in [0.05, 0.1) is 27.9 Å². The van der Waals surface area contributed by atoms with E-state index in [1.165, 1.54) is 12.3 Å². The van der Waals surface area contributed by atoms with Crippen LogP contribution in [0.2, 0.25) is 8.67 Å². The molecule has 8 nitrogen and oxygen atoms in total. The number of benzene rings is 1. The van der Waals surface area contributed by atoms with E-state index in [0.717, 1.165) is 22.4 Å². The van der Waals surface area contributed by atoms with Gasteiger partial charge < -0.3 is 0 Å². The van der Waals surface area contributed by atoms with Gasteiger partial charge in [-0.2, -0.15) is 5.10 Å². The molecule has 0 radical (unpaired) electrons. The molecule has 3 heterocycles. The number of halogens is 2. The second-order valence-corrected chi connectivity index (χ2v) is 9.22. The topological polar surface area (TPSA) is 94.7 Å². The lowest BCUT2D eigenvalue weighted by molar-refractivity contribution is 0.502. The Morgan fingerprint density at radius 1 is 1.23 bits per heavy atom. The average Bonchev–Trinajstić information content (AvgIpc) is 3.28. The summed E-state index contributed by atoms with van der Waals surface area (Å²) < 4.78 is 30.9. The van der Waals surface area contributed by atoms with Crippen LogP contribution in [-0.2, 0) is 16.7 Å². The number of nitrogens with one attached hydrogen (secondary N) is 1. The molecule has 0 atom stereocenters. The number of hydrogen-bond acceptors (Lipinski definition) is 6. The molecule has 0 unspecified atom stereocenters. The Hall–Kier alpha value is -2.14. The zero-order valence-electron chi connectivity index (χ0n) is 12.9. The summed E-state index contributed by atoms with van der Waals surface area (Å²) in [7, 11) is -3.85. The lowest BCUT2D eigenvalue weighted by atomic mass is 10.3. The molecular weight excluding hydrogens is 419 g/mol. The van der Waals surface area contributed by atoms with Crippen molar-refractivity contribution in [2.24, 2.45) is 0 Å². The minimum absolute atomic E-state index is 0.0656. The molecule has 0 bridgehead atoms. The Labute approximate surface area is 162 Å². The summed E-state index contributed by atoms with van der Waals surface area (Å²) in [6.45, 7) is 0.285. The summed E-state index contributed by atoms with van der Waals surface area (Å²) in [4.78, 5) is -0.0656. The van der Waals surface area contributed by atoms with Crippen LogP contribution in [0.25, 0.3) is 11.0 Å². The molecule has 0 saturated carbocycles. The maximum Gasteiger partial charge on any atom is 0.264 e. The van der Waals surface area contributed by atoms with Crippen LogP contribution in [0.15, 0.2) is 47.6 Å². The summed E-state index contributed by atoms with van der Waals surface area (Å²) in [6, 6.07) is 8.83. The van der Waals surface area contributed by atoms with Crippen LogP contribution in [0.5, 0.6) is 0 Å². The predicted octanol–water partition coefficient (Wildman–Crippen LogP) is 3.30. The van der Waals surface area contributed by atoms with Crippen molar-refractivity contribution in [2.75, 3.05) is 4.72 Å². The van der Waals surface area contributed by atoms with E-state index in [2.05, 4.69) is 20.1 Å². The van der Waals surface area contributed by atoms with E-state index in [4.69, 9.17) is 23.2 Å². The van der Waals surface area contributed by atoms with Crippen molar-refractivity contribution < 1.29 is 8.42 Å². The SMILES string of the molecule is O=S(=O)(Nc1cnn(Cn2nnc3ccccc32)c1)c1cc(Cl)sc1Cl. The summed E-state index contributed by atoms with van der Waals surface area (Å²) in [5, 5.41) is 12.3. The van der Waals surface area contributed by atoms with E-state index < -0.39 is 10.0 Å². The van der Waals surface area contributed by atoms with Gasteiger partial charge in [0.2, 0.25) is 0 Å². The molecule has 0 aliphatic carbocycles. The highest BCUT2D eigenvalue weighted by molar-refractivity contribution is 7.93. The van der Waals surface area contributed by atoms with Gasteiger partial charge >= 0.3 is 0 Å². The number of anilines is 1. The van der Waals surface area contributed by atoms with Gasteiger partial charge in [-0.25, -0.2) is 17.8 Å². The van der Waals surface area contributed by atoms with Crippen LogP contribution < -0.4 is 4.72 Å². The van der Waals surface area contributed by atoms with Crippen molar-refractivity contribution >= 4 is 61.3 Å².